The van der Waals surface area contributed by atoms with Gasteiger partial charge in [0.2, 0.25) is 0 Å². The van der Waals surface area contributed by atoms with Gasteiger partial charge in [0.1, 0.15) is 5.75 Å². The molecule has 3 aromatic rings. The van der Waals surface area contributed by atoms with Gasteiger partial charge in [-0.2, -0.15) is 18.3 Å². The maximum Gasteiger partial charge on any atom is 0.490 e. The van der Waals surface area contributed by atoms with Gasteiger partial charge in [-0.1, -0.05) is 12.1 Å². The van der Waals surface area contributed by atoms with Crippen LogP contribution in [0.2, 0.25) is 0 Å². The van der Waals surface area contributed by atoms with Crippen molar-refractivity contribution in [1.82, 2.24) is 24.2 Å². The Morgan fingerprint density at radius 2 is 1.94 bits per heavy atom. The van der Waals surface area contributed by atoms with Crippen LogP contribution in [0.25, 0.3) is 11.3 Å². The lowest BCUT2D eigenvalue weighted by Crippen LogP contribution is -2.48. The van der Waals surface area contributed by atoms with Crippen molar-refractivity contribution in [2.75, 3.05) is 26.8 Å². The van der Waals surface area contributed by atoms with Gasteiger partial charge in [0.05, 0.1) is 30.5 Å². The number of nitrogens with zero attached hydrogens (tertiary/aromatic N) is 5. The molecular weight excluding hydrogens is 479 g/mol. The summed E-state index contributed by atoms with van der Waals surface area (Å²) in [7, 11) is 3.70. The molecule has 0 aliphatic carbocycles. The molecule has 1 saturated heterocycles. The number of ether oxygens (including phenoxy) is 2. The second-order valence-corrected chi connectivity index (χ2v) is 8.82. The average Bonchev–Trinajstić information content (AvgIpc) is 3.46. The summed E-state index contributed by atoms with van der Waals surface area (Å²) >= 11 is 0. The predicted octanol–water partition coefficient (Wildman–Crippen LogP) is 3.45. The first-order chi connectivity index (χ1) is 17.1. The van der Waals surface area contributed by atoms with Crippen LogP contribution in [-0.2, 0) is 35.3 Å². The number of alkyl halides is 3. The molecule has 1 aromatic carbocycles. The summed E-state index contributed by atoms with van der Waals surface area (Å²) in [5.74, 6) is -1.81. The minimum Gasteiger partial charge on any atom is -0.480 e. The zero-order chi connectivity index (χ0) is 25.9. The maximum atomic E-state index is 10.6. The smallest absolute Gasteiger partial charge is 0.480 e. The Bertz CT molecular complexity index is 1200. The topological polar surface area (TPSA) is 94.6 Å². The third-order valence-electron chi connectivity index (χ3n) is 6.32. The van der Waals surface area contributed by atoms with Crippen molar-refractivity contribution in [3.05, 3.63) is 54.2 Å². The zero-order valence-corrected chi connectivity index (χ0v) is 20.0. The quantitative estimate of drug-likeness (QED) is 0.565. The number of likely N-dealkylation sites (tertiary alicyclic amines) is 1. The van der Waals surface area contributed by atoms with E-state index < -0.39 is 12.1 Å². The molecule has 0 saturated carbocycles. The molecule has 5 rings (SSSR count). The van der Waals surface area contributed by atoms with Crippen molar-refractivity contribution in [2.24, 2.45) is 7.05 Å². The Morgan fingerprint density at radius 1 is 1.25 bits per heavy atom. The van der Waals surface area contributed by atoms with Crippen LogP contribution in [0.4, 0.5) is 13.2 Å². The molecule has 0 unspecified atom stereocenters. The lowest BCUT2D eigenvalue weighted by atomic mass is 9.83. The molecule has 0 atom stereocenters. The van der Waals surface area contributed by atoms with Crippen molar-refractivity contribution in [3.8, 4) is 17.0 Å². The highest BCUT2D eigenvalue weighted by molar-refractivity contribution is 5.73. The molecule has 4 heterocycles. The second-order valence-electron chi connectivity index (χ2n) is 8.82. The molecule has 1 spiro atoms. The molecule has 1 N–H and O–H groups in total. The minimum atomic E-state index is -5.08. The molecular formula is C24H28F3N5O4. The average molecular weight is 508 g/mol. The molecule has 9 nitrogen and oxygen atoms in total. The Morgan fingerprint density at radius 3 is 2.56 bits per heavy atom. The third-order valence-corrected chi connectivity index (χ3v) is 6.32. The normalized spacial score (nSPS) is 16.5. The Kier molecular flexibility index (Phi) is 7.36. The SMILES string of the molecule is COCCn1cnc2c1C1(CCN(Cc3cnn(C)c3)CC1)Oc1ccccc1-2.O=C(O)C(F)(F)F. The number of para-hydroxylation sites is 1. The van der Waals surface area contributed by atoms with E-state index in [0.717, 1.165) is 56.0 Å². The first-order valence-electron chi connectivity index (χ1n) is 11.5. The molecule has 1 fully saturated rings. The number of aryl methyl sites for hydroxylation is 1. The van der Waals surface area contributed by atoms with Crippen LogP contribution >= 0.6 is 0 Å². The van der Waals surface area contributed by atoms with Crippen LogP contribution < -0.4 is 4.74 Å². The first-order valence-corrected chi connectivity index (χ1v) is 11.5. The molecule has 0 radical (unpaired) electrons. The summed E-state index contributed by atoms with van der Waals surface area (Å²) in [6, 6.07) is 8.26. The summed E-state index contributed by atoms with van der Waals surface area (Å²) in [5, 5.41) is 11.4. The number of carboxylic acid groups (broad SMARTS) is 1. The summed E-state index contributed by atoms with van der Waals surface area (Å²) in [6.07, 6.45) is 2.78. The minimum absolute atomic E-state index is 0.334. The molecule has 36 heavy (non-hydrogen) atoms. The van der Waals surface area contributed by atoms with Gasteiger partial charge in [-0.3, -0.25) is 9.58 Å². The van der Waals surface area contributed by atoms with Gasteiger partial charge in [-0.15, -0.1) is 0 Å². The number of carbonyl (C=O) groups is 1. The van der Waals surface area contributed by atoms with Gasteiger partial charge in [-0.25, -0.2) is 9.78 Å². The van der Waals surface area contributed by atoms with Crippen molar-refractivity contribution >= 4 is 5.97 Å². The van der Waals surface area contributed by atoms with Crippen LogP contribution in [0.3, 0.4) is 0 Å². The number of aliphatic carboxylic acids is 1. The fourth-order valence-corrected chi connectivity index (χ4v) is 4.65. The number of methoxy groups -OCH3 is 1. The van der Waals surface area contributed by atoms with Gasteiger partial charge in [-0.05, 0) is 12.1 Å². The van der Waals surface area contributed by atoms with E-state index in [1.54, 1.807) is 7.11 Å². The molecule has 2 aliphatic rings. The number of piperidine rings is 1. The number of aromatic nitrogens is 4. The Balaban J connectivity index is 0.000000384. The number of benzene rings is 1. The van der Waals surface area contributed by atoms with Gasteiger partial charge < -0.3 is 19.1 Å². The summed E-state index contributed by atoms with van der Waals surface area (Å²) in [4.78, 5) is 16.2. The largest absolute Gasteiger partial charge is 0.490 e. The zero-order valence-electron chi connectivity index (χ0n) is 20.0. The van der Waals surface area contributed by atoms with E-state index in [1.165, 1.54) is 11.3 Å². The number of carboxylic acids is 1. The van der Waals surface area contributed by atoms with Crippen LogP contribution in [0, 0.1) is 0 Å². The Labute approximate surface area is 206 Å². The van der Waals surface area contributed by atoms with Crippen LogP contribution in [-0.4, -0.2) is 68.3 Å². The number of rotatable bonds is 5. The summed E-state index contributed by atoms with van der Waals surface area (Å²) in [5.41, 5.74) is 4.27. The standard InChI is InChI=1S/C22H27N5O2.C2HF3O2/c1-25-14-17(13-24-25)15-26-9-7-22(8-10-26)21-20(23-16-27(21)11-12-28-2)18-5-3-4-6-19(18)29-22;3-2(4,5)1(6)7/h3-6,13-14,16H,7-12,15H2,1-2H3;(H,6,7). The predicted molar refractivity (Wildman–Crippen MR) is 123 cm³/mol. The van der Waals surface area contributed by atoms with Gasteiger partial charge in [0.15, 0.2) is 5.60 Å². The van der Waals surface area contributed by atoms with Gasteiger partial charge in [0, 0.05) is 70.5 Å². The molecule has 0 amide bonds. The monoisotopic (exact) mass is 507 g/mol. The number of fused-ring (bicyclic) bond motifs is 4. The third kappa shape index (κ3) is 5.39. The summed E-state index contributed by atoms with van der Waals surface area (Å²) < 4.78 is 47.9. The number of imidazole rings is 1. The lowest BCUT2D eigenvalue weighted by molar-refractivity contribution is -0.192. The fourth-order valence-electron chi connectivity index (χ4n) is 4.65. The van der Waals surface area contributed by atoms with Crippen molar-refractivity contribution in [3.63, 3.8) is 0 Å². The Hall–Kier alpha value is -3.38. The summed E-state index contributed by atoms with van der Waals surface area (Å²) in [6.45, 7) is 4.33. The molecule has 0 bridgehead atoms. The van der Waals surface area contributed by atoms with E-state index in [-0.39, 0.29) is 5.60 Å². The maximum absolute atomic E-state index is 10.6. The van der Waals surface area contributed by atoms with Crippen molar-refractivity contribution < 1.29 is 32.5 Å². The van der Waals surface area contributed by atoms with E-state index in [0.29, 0.717) is 6.61 Å². The first kappa shape index (κ1) is 25.7. The van der Waals surface area contributed by atoms with E-state index >= 15 is 0 Å². The van der Waals surface area contributed by atoms with Gasteiger partial charge in [0.25, 0.3) is 0 Å². The van der Waals surface area contributed by atoms with Crippen LogP contribution in [0.1, 0.15) is 24.1 Å². The van der Waals surface area contributed by atoms with Crippen LogP contribution in [0.15, 0.2) is 43.0 Å². The van der Waals surface area contributed by atoms with E-state index in [1.807, 2.05) is 30.3 Å². The highest BCUT2D eigenvalue weighted by Gasteiger charge is 2.46. The molecule has 12 heteroatoms. The fraction of sp³-hybridized carbons (Fsp3) is 0.458. The lowest BCUT2D eigenvalue weighted by Gasteiger charge is -2.44. The number of halogens is 3. The van der Waals surface area contributed by atoms with Crippen molar-refractivity contribution in [1.29, 1.82) is 0 Å². The van der Waals surface area contributed by atoms with Gasteiger partial charge >= 0.3 is 12.1 Å². The van der Waals surface area contributed by atoms with Crippen LogP contribution in [0.5, 0.6) is 5.75 Å². The van der Waals surface area contributed by atoms with E-state index in [2.05, 4.69) is 39.0 Å². The number of hydrogen-bond donors (Lipinski definition) is 1. The van der Waals surface area contributed by atoms with E-state index in [9.17, 15) is 13.2 Å². The highest BCUT2D eigenvalue weighted by Crippen LogP contribution is 2.49. The molecule has 194 valence electrons. The van der Waals surface area contributed by atoms with E-state index in [4.69, 9.17) is 24.4 Å². The second kappa shape index (κ2) is 10.3. The van der Waals surface area contributed by atoms with Crippen molar-refractivity contribution in [2.45, 2.75) is 37.7 Å². The highest BCUT2D eigenvalue weighted by atomic mass is 19.4. The molecule has 2 aromatic heterocycles. The number of hydrogen-bond acceptors (Lipinski definition) is 6. The molecule has 2 aliphatic heterocycles.